The van der Waals surface area contributed by atoms with Crippen LogP contribution in [-0.4, -0.2) is 18.2 Å². The maximum atomic E-state index is 12.0. The van der Waals surface area contributed by atoms with Crippen LogP contribution in [0.2, 0.25) is 0 Å². The Morgan fingerprint density at radius 3 is 2.64 bits per heavy atom. The van der Waals surface area contributed by atoms with Crippen molar-refractivity contribution >= 4 is 17.3 Å². The van der Waals surface area contributed by atoms with Crippen molar-refractivity contribution < 1.29 is 4.79 Å². The van der Waals surface area contributed by atoms with E-state index in [1.165, 1.54) is 30.4 Å². The molecule has 4 heteroatoms. The highest BCUT2D eigenvalue weighted by atomic mass is 16.2. The second-order valence-electron chi connectivity index (χ2n) is 6.59. The molecule has 0 radical (unpaired) electrons. The number of anilines is 1. The Morgan fingerprint density at radius 1 is 1.08 bits per heavy atom. The first-order valence-corrected chi connectivity index (χ1v) is 8.88. The van der Waals surface area contributed by atoms with Crippen LogP contribution in [0.25, 0.3) is 0 Å². The number of benzene rings is 2. The Kier molecular flexibility index (Phi) is 5.49. The zero-order valence-corrected chi connectivity index (χ0v) is 14.9. The summed E-state index contributed by atoms with van der Waals surface area (Å²) < 4.78 is 0. The van der Waals surface area contributed by atoms with Gasteiger partial charge in [-0.25, -0.2) is 5.43 Å². The number of fused-ring (bicyclic) bond motifs is 1. The van der Waals surface area contributed by atoms with Crippen molar-refractivity contribution in [2.75, 3.05) is 11.9 Å². The lowest BCUT2D eigenvalue weighted by atomic mass is 9.90. The van der Waals surface area contributed by atoms with E-state index >= 15 is 0 Å². The van der Waals surface area contributed by atoms with Crippen LogP contribution >= 0.6 is 0 Å². The smallest absolute Gasteiger partial charge is 0.259 e. The first-order chi connectivity index (χ1) is 12.1. The van der Waals surface area contributed by atoms with Gasteiger partial charge in [0.05, 0.1) is 12.3 Å². The molecule has 0 unspecified atom stereocenters. The van der Waals surface area contributed by atoms with Crippen LogP contribution in [0.15, 0.2) is 47.6 Å². The fourth-order valence-corrected chi connectivity index (χ4v) is 3.16. The van der Waals surface area contributed by atoms with Gasteiger partial charge in [0.1, 0.15) is 0 Å². The van der Waals surface area contributed by atoms with Crippen molar-refractivity contribution in [3.05, 3.63) is 64.7 Å². The standard InChI is InChI=1S/C21H25N3O/c1-15-7-3-6-10-20(15)22-14-21(25)24-23-16(2)18-12-11-17-8-4-5-9-19(17)13-18/h3,6-7,10-13,22H,4-5,8-9,14H2,1-2H3,(H,24,25)/b23-16-. The number of para-hydroxylation sites is 1. The second-order valence-corrected chi connectivity index (χ2v) is 6.59. The molecule has 1 aliphatic rings. The molecule has 0 heterocycles. The van der Waals surface area contributed by atoms with Crippen LogP contribution in [0.5, 0.6) is 0 Å². The van der Waals surface area contributed by atoms with Gasteiger partial charge in [-0.15, -0.1) is 0 Å². The van der Waals surface area contributed by atoms with Gasteiger partial charge in [-0.3, -0.25) is 4.79 Å². The molecule has 0 aromatic heterocycles. The minimum absolute atomic E-state index is 0.152. The third-order valence-electron chi connectivity index (χ3n) is 4.70. The van der Waals surface area contributed by atoms with E-state index in [9.17, 15) is 4.79 Å². The minimum Gasteiger partial charge on any atom is -0.376 e. The summed E-state index contributed by atoms with van der Waals surface area (Å²) in [4.78, 5) is 12.0. The van der Waals surface area contributed by atoms with Crippen molar-refractivity contribution in [2.45, 2.75) is 39.5 Å². The third-order valence-corrected chi connectivity index (χ3v) is 4.70. The quantitative estimate of drug-likeness (QED) is 0.644. The van der Waals surface area contributed by atoms with E-state index in [-0.39, 0.29) is 12.5 Å². The average Bonchev–Trinajstić information content (AvgIpc) is 2.65. The Balaban J connectivity index is 1.57. The van der Waals surface area contributed by atoms with Gasteiger partial charge in [0.25, 0.3) is 5.91 Å². The molecule has 0 spiro atoms. The van der Waals surface area contributed by atoms with Gasteiger partial charge in [0.2, 0.25) is 0 Å². The average molecular weight is 335 g/mol. The van der Waals surface area contributed by atoms with Gasteiger partial charge >= 0.3 is 0 Å². The normalized spacial score (nSPS) is 13.9. The summed E-state index contributed by atoms with van der Waals surface area (Å²) in [7, 11) is 0. The molecule has 25 heavy (non-hydrogen) atoms. The Hall–Kier alpha value is -2.62. The highest BCUT2D eigenvalue weighted by Gasteiger charge is 2.10. The number of hydrogen-bond acceptors (Lipinski definition) is 3. The molecule has 0 saturated heterocycles. The van der Waals surface area contributed by atoms with E-state index in [0.717, 1.165) is 28.9 Å². The number of carbonyl (C=O) groups excluding carboxylic acids is 1. The van der Waals surface area contributed by atoms with Gasteiger partial charge < -0.3 is 5.32 Å². The lowest BCUT2D eigenvalue weighted by Crippen LogP contribution is -2.27. The molecule has 1 aliphatic carbocycles. The Morgan fingerprint density at radius 2 is 1.84 bits per heavy atom. The first kappa shape index (κ1) is 17.2. The summed E-state index contributed by atoms with van der Waals surface area (Å²) in [5.41, 5.74) is 9.50. The largest absolute Gasteiger partial charge is 0.376 e. The molecule has 2 aromatic carbocycles. The van der Waals surface area contributed by atoms with Crippen molar-refractivity contribution in [3.8, 4) is 0 Å². The molecular weight excluding hydrogens is 310 g/mol. The van der Waals surface area contributed by atoms with Crippen LogP contribution in [-0.2, 0) is 17.6 Å². The summed E-state index contributed by atoms with van der Waals surface area (Å²) in [5, 5.41) is 7.39. The van der Waals surface area contributed by atoms with Gasteiger partial charge in [-0.05, 0) is 73.9 Å². The number of amides is 1. The summed E-state index contributed by atoms with van der Waals surface area (Å²) in [6.07, 6.45) is 4.85. The van der Waals surface area contributed by atoms with E-state index in [4.69, 9.17) is 0 Å². The monoisotopic (exact) mass is 335 g/mol. The number of hydrazone groups is 1. The van der Waals surface area contributed by atoms with Gasteiger partial charge in [0, 0.05) is 5.69 Å². The molecule has 130 valence electrons. The van der Waals surface area contributed by atoms with Crippen molar-refractivity contribution in [2.24, 2.45) is 5.10 Å². The first-order valence-electron chi connectivity index (χ1n) is 8.88. The van der Waals surface area contributed by atoms with E-state index in [0.29, 0.717) is 0 Å². The second kappa shape index (κ2) is 7.97. The lowest BCUT2D eigenvalue weighted by Gasteiger charge is -2.16. The SMILES string of the molecule is C/C(=N/NC(=O)CNc1ccccc1C)c1ccc2c(c1)CCCC2. The maximum Gasteiger partial charge on any atom is 0.259 e. The zero-order chi connectivity index (χ0) is 17.6. The number of aryl methyl sites for hydroxylation is 3. The number of hydrogen-bond donors (Lipinski definition) is 2. The van der Waals surface area contributed by atoms with Crippen LogP contribution in [0, 0.1) is 6.92 Å². The van der Waals surface area contributed by atoms with Crippen LogP contribution in [0.3, 0.4) is 0 Å². The van der Waals surface area contributed by atoms with Gasteiger partial charge in [-0.1, -0.05) is 30.3 Å². The lowest BCUT2D eigenvalue weighted by molar-refractivity contribution is -0.119. The number of nitrogens with zero attached hydrogens (tertiary/aromatic N) is 1. The highest BCUT2D eigenvalue weighted by molar-refractivity contribution is 5.99. The van der Waals surface area contributed by atoms with Crippen molar-refractivity contribution in [1.82, 2.24) is 5.43 Å². The minimum atomic E-state index is -0.152. The summed E-state index contributed by atoms with van der Waals surface area (Å²) in [6.45, 7) is 4.14. The molecule has 3 rings (SSSR count). The summed E-state index contributed by atoms with van der Waals surface area (Å²) >= 11 is 0. The van der Waals surface area contributed by atoms with Crippen LogP contribution in [0.4, 0.5) is 5.69 Å². The Bertz CT molecular complexity index is 795. The fraction of sp³-hybridized carbons (Fsp3) is 0.333. The van der Waals surface area contributed by atoms with E-state index in [1.54, 1.807) is 0 Å². The number of rotatable bonds is 5. The number of nitrogens with one attached hydrogen (secondary N) is 2. The summed E-state index contributed by atoms with van der Waals surface area (Å²) in [5.74, 6) is -0.152. The van der Waals surface area contributed by atoms with E-state index in [1.807, 2.05) is 38.1 Å². The molecule has 0 atom stereocenters. The molecular formula is C21H25N3O. The fourth-order valence-electron chi connectivity index (χ4n) is 3.16. The molecule has 0 bridgehead atoms. The van der Waals surface area contributed by atoms with Crippen LogP contribution < -0.4 is 10.7 Å². The van der Waals surface area contributed by atoms with Gasteiger partial charge in [0.15, 0.2) is 0 Å². The predicted molar refractivity (Wildman–Crippen MR) is 103 cm³/mol. The molecule has 0 saturated carbocycles. The molecule has 2 N–H and O–H groups in total. The topological polar surface area (TPSA) is 53.5 Å². The van der Waals surface area contributed by atoms with E-state index < -0.39 is 0 Å². The maximum absolute atomic E-state index is 12.0. The predicted octanol–water partition coefficient (Wildman–Crippen LogP) is 3.83. The Labute approximate surface area is 149 Å². The van der Waals surface area contributed by atoms with Crippen molar-refractivity contribution in [3.63, 3.8) is 0 Å². The zero-order valence-electron chi connectivity index (χ0n) is 14.9. The molecule has 2 aromatic rings. The summed E-state index contributed by atoms with van der Waals surface area (Å²) in [6, 6.07) is 14.4. The molecule has 4 nitrogen and oxygen atoms in total. The van der Waals surface area contributed by atoms with Gasteiger partial charge in [-0.2, -0.15) is 5.10 Å². The third kappa shape index (κ3) is 4.47. The van der Waals surface area contributed by atoms with Crippen molar-refractivity contribution in [1.29, 1.82) is 0 Å². The highest BCUT2D eigenvalue weighted by Crippen LogP contribution is 2.22. The molecule has 1 amide bonds. The molecule has 0 aliphatic heterocycles. The van der Waals surface area contributed by atoms with E-state index in [2.05, 4.69) is 34.0 Å². The number of carbonyl (C=O) groups is 1. The molecule has 0 fully saturated rings. The van der Waals surface area contributed by atoms with Crippen LogP contribution in [0.1, 0.15) is 42.0 Å².